The van der Waals surface area contributed by atoms with Crippen LogP contribution in [0, 0.1) is 0 Å². The van der Waals surface area contributed by atoms with Gasteiger partial charge < -0.3 is 9.47 Å². The van der Waals surface area contributed by atoms with Gasteiger partial charge in [0.1, 0.15) is 11.2 Å². The summed E-state index contributed by atoms with van der Waals surface area (Å²) in [4.78, 5) is 51.2. The summed E-state index contributed by atoms with van der Waals surface area (Å²) in [5.41, 5.74) is -1.53. The van der Waals surface area contributed by atoms with Gasteiger partial charge in [0.2, 0.25) is 0 Å². The third-order valence-electron chi connectivity index (χ3n) is 4.81. The molecular formula is C25H24Cl2N2O6. The molecule has 0 amide bonds. The molecule has 0 unspecified atom stereocenters. The smallest absolute Gasteiger partial charge is 0.345 e. The highest BCUT2D eigenvalue weighted by atomic mass is 35.5. The highest BCUT2D eigenvalue weighted by Gasteiger charge is 2.21. The summed E-state index contributed by atoms with van der Waals surface area (Å²) in [6, 6.07) is 10.8. The van der Waals surface area contributed by atoms with Gasteiger partial charge in [0.05, 0.1) is 34.4 Å². The van der Waals surface area contributed by atoms with Gasteiger partial charge in [-0.25, -0.2) is 14.4 Å². The number of carbonyl (C=O) groups is 2. The molecule has 1 aromatic heterocycles. The second-order valence-corrected chi connectivity index (χ2v) is 9.35. The molecule has 0 spiro atoms. The molecule has 2 aromatic carbocycles. The Morgan fingerprint density at radius 3 is 2.23 bits per heavy atom. The monoisotopic (exact) mass is 518 g/mol. The standard InChI is InChI=1S/C25H24Cl2N2O6/c1-5-34-23(32)18-14-28(17-11-9-15(10-12-17)22(31)35-25(2,3)4)24(33)29(21(18)30)13-16-7-6-8-19(26)20(16)27/h6-12,14H,5,13H2,1-4H3. The van der Waals surface area contributed by atoms with Gasteiger partial charge in [-0.1, -0.05) is 35.3 Å². The predicted octanol–water partition coefficient (Wildman–Crippen LogP) is 4.49. The van der Waals surface area contributed by atoms with Crippen molar-refractivity contribution >= 4 is 35.1 Å². The molecule has 0 atom stereocenters. The van der Waals surface area contributed by atoms with Gasteiger partial charge in [0, 0.05) is 6.20 Å². The maximum atomic E-state index is 13.3. The second kappa shape index (κ2) is 10.5. The van der Waals surface area contributed by atoms with Gasteiger partial charge in [-0.05, 0) is 63.6 Å². The average Bonchev–Trinajstić information content (AvgIpc) is 2.78. The van der Waals surface area contributed by atoms with E-state index in [4.69, 9.17) is 32.7 Å². The third-order valence-corrected chi connectivity index (χ3v) is 5.66. The number of esters is 2. The van der Waals surface area contributed by atoms with E-state index in [2.05, 4.69) is 0 Å². The van der Waals surface area contributed by atoms with Crippen molar-refractivity contribution in [2.45, 2.75) is 39.8 Å². The maximum Gasteiger partial charge on any atom is 0.345 e. The van der Waals surface area contributed by atoms with E-state index in [0.29, 0.717) is 11.3 Å². The van der Waals surface area contributed by atoms with Crippen LogP contribution < -0.4 is 11.2 Å². The number of hydrogen-bond donors (Lipinski definition) is 0. The van der Waals surface area contributed by atoms with Gasteiger partial charge in [-0.2, -0.15) is 0 Å². The molecule has 0 aliphatic rings. The summed E-state index contributed by atoms with van der Waals surface area (Å²) in [5, 5.41) is 0.451. The van der Waals surface area contributed by atoms with Crippen LogP contribution in [0.4, 0.5) is 0 Å². The average molecular weight is 519 g/mol. The minimum Gasteiger partial charge on any atom is -0.462 e. The zero-order valence-electron chi connectivity index (χ0n) is 19.6. The van der Waals surface area contributed by atoms with Crippen LogP contribution in [0.3, 0.4) is 0 Å². The molecule has 3 aromatic rings. The van der Waals surface area contributed by atoms with Crippen LogP contribution in [-0.4, -0.2) is 33.3 Å². The first kappa shape index (κ1) is 26.2. The van der Waals surface area contributed by atoms with E-state index in [1.165, 1.54) is 24.3 Å². The van der Waals surface area contributed by atoms with Crippen molar-refractivity contribution in [3.8, 4) is 5.69 Å². The lowest BCUT2D eigenvalue weighted by molar-refractivity contribution is 0.00693. The van der Waals surface area contributed by atoms with Crippen LogP contribution in [0.25, 0.3) is 5.69 Å². The van der Waals surface area contributed by atoms with E-state index in [9.17, 15) is 19.2 Å². The fraction of sp³-hybridized carbons (Fsp3) is 0.280. The van der Waals surface area contributed by atoms with Gasteiger partial charge in [-0.15, -0.1) is 0 Å². The molecule has 184 valence electrons. The Kier molecular flexibility index (Phi) is 7.87. The normalized spacial score (nSPS) is 11.3. The van der Waals surface area contributed by atoms with Crippen LogP contribution >= 0.6 is 23.2 Å². The molecule has 0 aliphatic heterocycles. The number of aromatic nitrogens is 2. The maximum absolute atomic E-state index is 13.3. The zero-order chi connectivity index (χ0) is 25.9. The fourth-order valence-electron chi connectivity index (χ4n) is 3.21. The summed E-state index contributed by atoms with van der Waals surface area (Å²) in [7, 11) is 0. The Labute approximate surface area is 211 Å². The molecular weight excluding hydrogens is 495 g/mol. The van der Waals surface area contributed by atoms with Crippen molar-refractivity contribution in [3.63, 3.8) is 0 Å². The van der Waals surface area contributed by atoms with Crippen molar-refractivity contribution in [1.82, 2.24) is 9.13 Å². The number of hydrogen-bond acceptors (Lipinski definition) is 6. The lowest BCUT2D eigenvalue weighted by Gasteiger charge is -2.19. The second-order valence-electron chi connectivity index (χ2n) is 8.57. The van der Waals surface area contributed by atoms with Crippen molar-refractivity contribution in [2.75, 3.05) is 6.61 Å². The quantitative estimate of drug-likeness (QED) is 0.446. The third kappa shape index (κ3) is 6.01. The number of ether oxygens (including phenoxy) is 2. The van der Waals surface area contributed by atoms with Crippen LogP contribution in [0.2, 0.25) is 10.0 Å². The molecule has 10 heteroatoms. The highest BCUT2D eigenvalue weighted by Crippen LogP contribution is 2.25. The summed E-state index contributed by atoms with van der Waals surface area (Å²) in [6.07, 6.45) is 1.13. The molecule has 3 rings (SSSR count). The Balaban J connectivity index is 2.13. The lowest BCUT2D eigenvalue weighted by atomic mass is 10.1. The Hall–Kier alpha value is -3.36. The van der Waals surface area contributed by atoms with Crippen LogP contribution in [0.15, 0.2) is 58.3 Å². The Bertz CT molecular complexity index is 1390. The highest BCUT2D eigenvalue weighted by molar-refractivity contribution is 6.42. The van der Waals surface area contributed by atoms with E-state index in [-0.39, 0.29) is 34.3 Å². The summed E-state index contributed by atoms with van der Waals surface area (Å²) in [5.74, 6) is -1.40. The fourth-order valence-corrected chi connectivity index (χ4v) is 3.59. The number of carbonyl (C=O) groups excluding carboxylic acids is 2. The van der Waals surface area contributed by atoms with Crippen molar-refractivity contribution in [3.05, 3.63) is 96.2 Å². The predicted molar refractivity (Wildman–Crippen MR) is 133 cm³/mol. The first-order valence-electron chi connectivity index (χ1n) is 10.7. The zero-order valence-corrected chi connectivity index (χ0v) is 21.1. The van der Waals surface area contributed by atoms with Gasteiger partial charge in [0.25, 0.3) is 5.56 Å². The Morgan fingerprint density at radius 1 is 0.971 bits per heavy atom. The van der Waals surface area contributed by atoms with E-state index < -0.39 is 28.8 Å². The molecule has 0 N–H and O–H groups in total. The van der Waals surface area contributed by atoms with Crippen molar-refractivity contribution < 1.29 is 19.1 Å². The minimum absolute atomic E-state index is 0.0438. The number of nitrogens with zero attached hydrogens (tertiary/aromatic N) is 2. The lowest BCUT2D eigenvalue weighted by Crippen LogP contribution is -2.42. The summed E-state index contributed by atoms with van der Waals surface area (Å²) >= 11 is 12.3. The topological polar surface area (TPSA) is 96.6 Å². The van der Waals surface area contributed by atoms with E-state index >= 15 is 0 Å². The first-order chi connectivity index (χ1) is 16.4. The van der Waals surface area contributed by atoms with Crippen molar-refractivity contribution in [2.24, 2.45) is 0 Å². The molecule has 8 nitrogen and oxygen atoms in total. The van der Waals surface area contributed by atoms with E-state index in [0.717, 1.165) is 15.3 Å². The molecule has 0 radical (unpaired) electrons. The molecule has 0 saturated carbocycles. The van der Waals surface area contributed by atoms with Crippen LogP contribution in [-0.2, 0) is 16.0 Å². The van der Waals surface area contributed by atoms with Crippen LogP contribution in [0.1, 0.15) is 54.0 Å². The Morgan fingerprint density at radius 2 is 1.63 bits per heavy atom. The van der Waals surface area contributed by atoms with Crippen molar-refractivity contribution in [1.29, 1.82) is 0 Å². The number of rotatable bonds is 6. The number of benzene rings is 2. The first-order valence-corrected chi connectivity index (χ1v) is 11.5. The molecule has 0 bridgehead atoms. The molecule has 0 fully saturated rings. The van der Waals surface area contributed by atoms with Crippen LogP contribution in [0.5, 0.6) is 0 Å². The van der Waals surface area contributed by atoms with Gasteiger partial charge >= 0.3 is 17.6 Å². The van der Waals surface area contributed by atoms with E-state index in [1.807, 2.05) is 0 Å². The van der Waals surface area contributed by atoms with Gasteiger partial charge in [0.15, 0.2) is 0 Å². The van der Waals surface area contributed by atoms with Gasteiger partial charge in [-0.3, -0.25) is 13.9 Å². The molecule has 0 aliphatic carbocycles. The molecule has 35 heavy (non-hydrogen) atoms. The molecule has 1 heterocycles. The SMILES string of the molecule is CCOC(=O)c1cn(-c2ccc(C(=O)OC(C)(C)C)cc2)c(=O)n(Cc2cccc(Cl)c2Cl)c1=O. The summed E-state index contributed by atoms with van der Waals surface area (Å²) in [6.45, 7) is 6.69. The largest absolute Gasteiger partial charge is 0.462 e. The minimum atomic E-state index is -0.873. The molecule has 0 saturated heterocycles. The van der Waals surface area contributed by atoms with E-state index in [1.54, 1.807) is 45.9 Å². The summed E-state index contributed by atoms with van der Waals surface area (Å²) < 4.78 is 12.4. The number of halogens is 2.